The number of rotatable bonds is 7. The van der Waals surface area contributed by atoms with Gasteiger partial charge in [0.1, 0.15) is 24.5 Å². The van der Waals surface area contributed by atoms with Crippen molar-refractivity contribution >= 4 is 6.29 Å². The van der Waals surface area contributed by atoms with Gasteiger partial charge in [0.25, 0.3) is 0 Å². The maximum absolute atomic E-state index is 14.2. The molecule has 0 saturated carbocycles. The Morgan fingerprint density at radius 3 is 2.67 bits per heavy atom. The van der Waals surface area contributed by atoms with Crippen LogP contribution in [0.4, 0.5) is 4.39 Å². The number of hydrogen-bond donors (Lipinski definition) is 0. The summed E-state index contributed by atoms with van der Waals surface area (Å²) in [5.74, 6) is 1.09. The van der Waals surface area contributed by atoms with E-state index in [1.807, 2.05) is 37.3 Å². The highest BCUT2D eigenvalue weighted by Crippen LogP contribution is 2.37. The summed E-state index contributed by atoms with van der Waals surface area (Å²) in [6, 6.07) is 17.3. The van der Waals surface area contributed by atoms with Gasteiger partial charge in [0.2, 0.25) is 6.29 Å². The van der Waals surface area contributed by atoms with E-state index < -0.39 is 6.29 Å². The highest BCUT2D eigenvalue weighted by molar-refractivity contribution is 5.76. The van der Waals surface area contributed by atoms with Gasteiger partial charge in [-0.3, -0.25) is 4.79 Å². The lowest BCUT2D eigenvalue weighted by Crippen LogP contribution is -2.19. The third-order valence-corrected chi connectivity index (χ3v) is 4.68. The first-order valence-corrected chi connectivity index (χ1v) is 9.67. The Bertz CT molecular complexity index is 1040. The molecule has 0 radical (unpaired) electrons. The van der Waals surface area contributed by atoms with Crippen molar-refractivity contribution in [2.45, 2.75) is 26.4 Å². The summed E-state index contributed by atoms with van der Waals surface area (Å²) in [5, 5.41) is 0. The van der Waals surface area contributed by atoms with Gasteiger partial charge in [0.05, 0.1) is 13.2 Å². The van der Waals surface area contributed by atoms with E-state index in [1.54, 1.807) is 18.2 Å². The van der Waals surface area contributed by atoms with Crippen molar-refractivity contribution in [1.29, 1.82) is 0 Å². The molecule has 1 aliphatic rings. The number of ether oxygens (including phenoxy) is 4. The molecule has 30 heavy (non-hydrogen) atoms. The van der Waals surface area contributed by atoms with Gasteiger partial charge in [-0.2, -0.15) is 0 Å². The molecule has 3 aromatic carbocycles. The predicted molar refractivity (Wildman–Crippen MR) is 108 cm³/mol. The van der Waals surface area contributed by atoms with E-state index in [1.165, 1.54) is 12.1 Å². The smallest absolute Gasteiger partial charge is 0.227 e. The van der Waals surface area contributed by atoms with Gasteiger partial charge in [-0.1, -0.05) is 30.3 Å². The van der Waals surface area contributed by atoms with Crippen molar-refractivity contribution in [3.05, 3.63) is 88.7 Å². The van der Waals surface area contributed by atoms with Crippen LogP contribution in [0.25, 0.3) is 0 Å². The Labute approximate surface area is 174 Å². The summed E-state index contributed by atoms with van der Waals surface area (Å²) < 4.78 is 37.5. The molecule has 0 N–H and O–H groups in total. The second-order valence-electron chi connectivity index (χ2n) is 6.77. The second kappa shape index (κ2) is 8.97. The Balaban J connectivity index is 1.59. The van der Waals surface area contributed by atoms with Gasteiger partial charge >= 0.3 is 0 Å². The molecule has 0 bridgehead atoms. The van der Waals surface area contributed by atoms with Crippen LogP contribution in [0.3, 0.4) is 0 Å². The highest BCUT2D eigenvalue weighted by Gasteiger charge is 2.25. The van der Waals surface area contributed by atoms with E-state index >= 15 is 0 Å². The maximum atomic E-state index is 14.2. The number of fused-ring (bicyclic) bond motifs is 1. The highest BCUT2D eigenvalue weighted by atomic mass is 19.1. The summed E-state index contributed by atoms with van der Waals surface area (Å²) >= 11 is 0. The van der Waals surface area contributed by atoms with E-state index in [-0.39, 0.29) is 19.0 Å². The van der Waals surface area contributed by atoms with Crippen molar-refractivity contribution in [2.75, 3.05) is 6.61 Å². The van der Waals surface area contributed by atoms with Crippen LogP contribution in [-0.4, -0.2) is 12.9 Å². The van der Waals surface area contributed by atoms with Gasteiger partial charge in [-0.15, -0.1) is 0 Å². The lowest BCUT2D eigenvalue weighted by Gasteiger charge is -2.28. The Kier molecular flexibility index (Phi) is 5.95. The second-order valence-corrected chi connectivity index (χ2v) is 6.77. The minimum Gasteiger partial charge on any atom is -0.490 e. The zero-order valence-corrected chi connectivity index (χ0v) is 16.5. The molecule has 4 rings (SSSR count). The average molecular weight is 408 g/mol. The molecule has 0 aliphatic carbocycles. The Morgan fingerprint density at radius 1 is 1.07 bits per heavy atom. The fourth-order valence-electron chi connectivity index (χ4n) is 3.30. The van der Waals surface area contributed by atoms with E-state index in [4.69, 9.17) is 18.9 Å². The monoisotopic (exact) mass is 408 g/mol. The maximum Gasteiger partial charge on any atom is 0.227 e. The van der Waals surface area contributed by atoms with Crippen molar-refractivity contribution in [3.63, 3.8) is 0 Å². The number of aldehydes is 1. The predicted octanol–water partition coefficient (Wildman–Crippen LogP) is 5.22. The third-order valence-electron chi connectivity index (χ3n) is 4.68. The van der Waals surface area contributed by atoms with E-state index in [0.29, 0.717) is 40.5 Å². The fraction of sp³-hybridized carbons (Fsp3) is 0.208. The normalized spacial score (nSPS) is 15.1. The summed E-state index contributed by atoms with van der Waals surface area (Å²) in [6.07, 6.45) is 0.168. The first-order chi connectivity index (χ1) is 14.7. The lowest BCUT2D eigenvalue weighted by molar-refractivity contribution is -0.112. The number of carbonyl (C=O) groups excluding carboxylic acids is 1. The number of hydrogen-bond acceptors (Lipinski definition) is 5. The van der Waals surface area contributed by atoms with Crippen LogP contribution in [0.15, 0.2) is 60.7 Å². The average Bonchev–Trinajstić information content (AvgIpc) is 2.78. The molecule has 5 nitrogen and oxygen atoms in total. The largest absolute Gasteiger partial charge is 0.490 e. The standard InChI is InChI=1S/C24H21FO5/c1-2-27-22-10-16(13-26)8-9-21(22)28-14-18-11-20(25)12-19-15-29-24(30-23(18)19)17-6-4-3-5-7-17/h3-13,24H,2,14-15H2,1H3/t24-/m0/s1. The SMILES string of the molecule is CCOc1cc(C=O)ccc1OCc1cc(F)cc2c1O[C@@H](c1ccccc1)OC2. The van der Waals surface area contributed by atoms with Crippen molar-refractivity contribution in [1.82, 2.24) is 0 Å². The number of carbonyl (C=O) groups is 1. The molecule has 0 saturated heterocycles. The molecule has 3 aromatic rings. The van der Waals surface area contributed by atoms with E-state index in [0.717, 1.165) is 11.8 Å². The molecule has 0 fully saturated rings. The van der Waals surface area contributed by atoms with Gasteiger partial charge < -0.3 is 18.9 Å². The van der Waals surface area contributed by atoms with Crippen molar-refractivity contribution in [2.24, 2.45) is 0 Å². The molecule has 0 unspecified atom stereocenters. The van der Waals surface area contributed by atoms with Gasteiger partial charge in [0, 0.05) is 22.3 Å². The zero-order chi connectivity index (χ0) is 20.9. The summed E-state index contributed by atoms with van der Waals surface area (Å²) in [4.78, 5) is 11.0. The number of halogens is 1. The Hall–Kier alpha value is -3.38. The van der Waals surface area contributed by atoms with Crippen molar-refractivity contribution < 1.29 is 28.1 Å². The third kappa shape index (κ3) is 4.28. The minimum absolute atomic E-state index is 0.0715. The summed E-state index contributed by atoms with van der Waals surface area (Å²) in [5.41, 5.74) is 2.56. The topological polar surface area (TPSA) is 54.0 Å². The summed E-state index contributed by atoms with van der Waals surface area (Å²) in [6.45, 7) is 2.57. The van der Waals surface area contributed by atoms with Gasteiger partial charge in [0.15, 0.2) is 11.5 Å². The molecular formula is C24H21FO5. The Morgan fingerprint density at radius 2 is 1.90 bits per heavy atom. The van der Waals surface area contributed by atoms with Crippen LogP contribution in [0.2, 0.25) is 0 Å². The molecule has 0 amide bonds. The van der Waals surface area contributed by atoms with Crippen LogP contribution < -0.4 is 14.2 Å². The number of benzene rings is 3. The van der Waals surface area contributed by atoms with Crippen LogP contribution in [-0.2, 0) is 18.0 Å². The molecule has 1 heterocycles. The lowest BCUT2D eigenvalue weighted by atomic mass is 10.1. The van der Waals surface area contributed by atoms with Crippen LogP contribution in [0.1, 0.15) is 40.3 Å². The molecule has 1 atom stereocenters. The van der Waals surface area contributed by atoms with E-state index in [9.17, 15) is 9.18 Å². The van der Waals surface area contributed by atoms with Crippen LogP contribution in [0.5, 0.6) is 17.2 Å². The van der Waals surface area contributed by atoms with Gasteiger partial charge in [-0.05, 0) is 37.3 Å². The van der Waals surface area contributed by atoms with Crippen LogP contribution in [0, 0.1) is 5.82 Å². The molecule has 0 spiro atoms. The molecular weight excluding hydrogens is 387 g/mol. The quantitative estimate of drug-likeness (QED) is 0.502. The fourth-order valence-corrected chi connectivity index (χ4v) is 3.30. The molecule has 1 aliphatic heterocycles. The molecule has 154 valence electrons. The van der Waals surface area contributed by atoms with E-state index in [2.05, 4.69) is 0 Å². The first kappa shape index (κ1) is 19.9. The van der Waals surface area contributed by atoms with Crippen molar-refractivity contribution in [3.8, 4) is 17.2 Å². The molecule has 0 aromatic heterocycles. The zero-order valence-electron chi connectivity index (χ0n) is 16.5. The van der Waals surface area contributed by atoms with Crippen LogP contribution >= 0.6 is 0 Å². The minimum atomic E-state index is -0.575. The molecule has 6 heteroatoms. The summed E-state index contributed by atoms with van der Waals surface area (Å²) in [7, 11) is 0. The first-order valence-electron chi connectivity index (χ1n) is 9.67. The van der Waals surface area contributed by atoms with Gasteiger partial charge in [-0.25, -0.2) is 4.39 Å².